The summed E-state index contributed by atoms with van der Waals surface area (Å²) in [5, 5.41) is 2.82. The first-order valence-electron chi connectivity index (χ1n) is 9.89. The normalized spacial score (nSPS) is 12.0. The van der Waals surface area contributed by atoms with Gasteiger partial charge in [-0.2, -0.15) is 0 Å². The summed E-state index contributed by atoms with van der Waals surface area (Å²) < 4.78 is 30.3. The first-order chi connectivity index (χ1) is 14.1. The van der Waals surface area contributed by atoms with Gasteiger partial charge in [0, 0.05) is 6.54 Å². The third kappa shape index (κ3) is 5.60. The number of nitrogens with one attached hydrogen (secondary N) is 1. The van der Waals surface area contributed by atoms with Crippen LogP contribution in [0.4, 0.5) is 0 Å². The number of hydrogen-bond donors (Lipinski definition) is 1. The van der Waals surface area contributed by atoms with Gasteiger partial charge in [0.2, 0.25) is 0 Å². The van der Waals surface area contributed by atoms with Crippen LogP contribution in [0.5, 0.6) is 0 Å². The Morgan fingerprint density at radius 1 is 0.933 bits per heavy atom. The molecule has 0 saturated heterocycles. The minimum Gasteiger partial charge on any atom is -0.455 e. The predicted octanol–water partition coefficient (Wildman–Crippen LogP) is 4.52. The lowest BCUT2D eigenvalue weighted by molar-refractivity contribution is 0.0925. The van der Waals surface area contributed by atoms with Crippen LogP contribution in [0, 0.1) is 0 Å². The van der Waals surface area contributed by atoms with E-state index < -0.39 is 9.84 Å². The zero-order valence-corrected chi connectivity index (χ0v) is 18.3. The van der Waals surface area contributed by atoms with E-state index >= 15 is 0 Å². The van der Waals surface area contributed by atoms with Crippen LogP contribution in [0.1, 0.15) is 48.2 Å². The average Bonchev–Trinajstić information content (AvgIpc) is 3.16. The lowest BCUT2D eigenvalue weighted by Gasteiger charge is -2.19. The highest BCUT2D eigenvalue weighted by atomic mass is 32.2. The number of rotatable bonds is 7. The molecule has 2 aromatic carbocycles. The molecule has 1 amide bonds. The second-order valence-electron chi connectivity index (χ2n) is 8.29. The maximum absolute atomic E-state index is 12.4. The zero-order chi connectivity index (χ0) is 21.8. The molecule has 1 aromatic heterocycles. The van der Waals surface area contributed by atoms with Gasteiger partial charge in [-0.25, -0.2) is 8.42 Å². The molecule has 30 heavy (non-hydrogen) atoms. The Hall–Kier alpha value is -2.86. The molecule has 0 aliphatic rings. The van der Waals surface area contributed by atoms with E-state index in [1.165, 1.54) is 17.7 Å². The number of benzene rings is 2. The van der Waals surface area contributed by atoms with Gasteiger partial charge in [0.05, 0.1) is 4.90 Å². The van der Waals surface area contributed by atoms with Crippen molar-refractivity contribution >= 4 is 15.7 Å². The number of hydrogen-bond acceptors (Lipinski definition) is 4. The summed E-state index contributed by atoms with van der Waals surface area (Å²) >= 11 is 0. The van der Waals surface area contributed by atoms with Gasteiger partial charge in [-0.15, -0.1) is 0 Å². The number of amides is 1. The lowest BCUT2D eigenvalue weighted by Crippen LogP contribution is -2.25. The van der Waals surface area contributed by atoms with Crippen LogP contribution in [-0.4, -0.2) is 20.9 Å². The molecule has 6 heteroatoms. The van der Waals surface area contributed by atoms with Gasteiger partial charge >= 0.3 is 0 Å². The maximum Gasteiger partial charge on any atom is 0.287 e. The molecule has 0 unspecified atom stereocenters. The van der Waals surface area contributed by atoms with Gasteiger partial charge in [0.15, 0.2) is 15.6 Å². The standard InChI is InChI=1S/C24H27NO4S/c1-24(2,3)19-11-9-18(10-12-19)15-16-25-23(26)22-14-13-20(29-22)17-30(27,28)21-7-5-4-6-8-21/h4-14H,15-17H2,1-3H3,(H,25,26). The Bertz CT molecular complexity index is 1090. The van der Waals surface area contributed by atoms with E-state index in [0.717, 1.165) is 5.56 Å². The Balaban J connectivity index is 1.54. The topological polar surface area (TPSA) is 76.4 Å². The monoisotopic (exact) mass is 425 g/mol. The van der Waals surface area contributed by atoms with E-state index in [0.29, 0.717) is 13.0 Å². The van der Waals surface area contributed by atoms with Crippen molar-refractivity contribution in [3.05, 3.63) is 89.4 Å². The third-order valence-corrected chi connectivity index (χ3v) is 6.49. The van der Waals surface area contributed by atoms with Crippen LogP contribution >= 0.6 is 0 Å². The van der Waals surface area contributed by atoms with E-state index in [4.69, 9.17) is 4.42 Å². The molecule has 3 aromatic rings. The van der Waals surface area contributed by atoms with E-state index in [1.54, 1.807) is 30.3 Å². The minimum atomic E-state index is -3.52. The number of carbonyl (C=O) groups excluding carboxylic acids is 1. The van der Waals surface area contributed by atoms with Crippen LogP contribution in [0.3, 0.4) is 0 Å². The second-order valence-corrected chi connectivity index (χ2v) is 10.3. The molecule has 5 nitrogen and oxygen atoms in total. The quantitative estimate of drug-likeness (QED) is 0.604. The van der Waals surface area contributed by atoms with Crippen molar-refractivity contribution in [1.82, 2.24) is 5.32 Å². The number of furan rings is 1. The molecular weight excluding hydrogens is 398 g/mol. The van der Waals surface area contributed by atoms with E-state index in [2.05, 4.69) is 50.4 Å². The van der Waals surface area contributed by atoms with E-state index in [1.807, 2.05) is 0 Å². The molecular formula is C24H27NO4S. The van der Waals surface area contributed by atoms with Crippen LogP contribution in [-0.2, 0) is 27.4 Å². The average molecular weight is 426 g/mol. The minimum absolute atomic E-state index is 0.108. The Labute approximate surface area is 178 Å². The predicted molar refractivity (Wildman–Crippen MR) is 117 cm³/mol. The molecule has 3 rings (SSSR count). The highest BCUT2D eigenvalue weighted by molar-refractivity contribution is 7.90. The molecule has 0 aliphatic heterocycles. The van der Waals surface area contributed by atoms with E-state index in [-0.39, 0.29) is 33.5 Å². The number of carbonyl (C=O) groups is 1. The lowest BCUT2D eigenvalue weighted by atomic mass is 9.86. The summed E-state index contributed by atoms with van der Waals surface area (Å²) in [6, 6.07) is 19.6. The highest BCUT2D eigenvalue weighted by Crippen LogP contribution is 2.22. The Morgan fingerprint density at radius 2 is 1.60 bits per heavy atom. The van der Waals surface area contributed by atoms with Crippen LogP contribution in [0.15, 0.2) is 76.0 Å². The molecule has 0 spiro atoms. The van der Waals surface area contributed by atoms with Gasteiger partial charge in [0.25, 0.3) is 5.91 Å². The van der Waals surface area contributed by atoms with Crippen molar-refractivity contribution in [2.45, 2.75) is 43.3 Å². The van der Waals surface area contributed by atoms with Crippen molar-refractivity contribution in [2.75, 3.05) is 6.54 Å². The molecule has 158 valence electrons. The Morgan fingerprint density at radius 3 is 2.23 bits per heavy atom. The van der Waals surface area contributed by atoms with Crippen molar-refractivity contribution < 1.29 is 17.6 Å². The smallest absolute Gasteiger partial charge is 0.287 e. The maximum atomic E-state index is 12.4. The summed E-state index contributed by atoms with van der Waals surface area (Å²) in [6.07, 6.45) is 0.701. The fraction of sp³-hybridized carbons (Fsp3) is 0.292. The van der Waals surface area contributed by atoms with E-state index in [9.17, 15) is 13.2 Å². The third-order valence-electron chi connectivity index (χ3n) is 4.84. The SMILES string of the molecule is CC(C)(C)c1ccc(CCNC(=O)c2ccc(CS(=O)(=O)c3ccccc3)o2)cc1. The highest BCUT2D eigenvalue weighted by Gasteiger charge is 2.19. The fourth-order valence-electron chi connectivity index (χ4n) is 3.05. The summed E-state index contributed by atoms with van der Waals surface area (Å²) in [4.78, 5) is 12.5. The molecule has 0 fully saturated rings. The summed E-state index contributed by atoms with van der Waals surface area (Å²) in [6.45, 7) is 6.98. The van der Waals surface area contributed by atoms with Crippen LogP contribution < -0.4 is 5.32 Å². The zero-order valence-electron chi connectivity index (χ0n) is 17.5. The van der Waals surface area contributed by atoms with Gasteiger partial charge in [-0.05, 0) is 47.2 Å². The molecule has 0 bridgehead atoms. The molecule has 0 atom stereocenters. The van der Waals surface area contributed by atoms with Crippen molar-refractivity contribution in [2.24, 2.45) is 0 Å². The van der Waals surface area contributed by atoms with Crippen molar-refractivity contribution in [3.8, 4) is 0 Å². The van der Waals surface area contributed by atoms with Crippen LogP contribution in [0.25, 0.3) is 0 Å². The first kappa shape index (κ1) is 21.8. The van der Waals surface area contributed by atoms with Gasteiger partial charge < -0.3 is 9.73 Å². The molecule has 1 heterocycles. The van der Waals surface area contributed by atoms with Crippen LogP contribution in [0.2, 0.25) is 0 Å². The molecule has 1 N–H and O–H groups in total. The summed E-state index contributed by atoms with van der Waals surface area (Å²) in [5.74, 6) is -0.299. The van der Waals surface area contributed by atoms with Gasteiger partial charge in [0.1, 0.15) is 11.5 Å². The molecule has 0 saturated carbocycles. The number of sulfone groups is 1. The fourth-order valence-corrected chi connectivity index (χ4v) is 4.32. The van der Waals surface area contributed by atoms with Gasteiger partial charge in [-0.3, -0.25) is 4.79 Å². The molecule has 0 radical (unpaired) electrons. The summed E-state index contributed by atoms with van der Waals surface area (Å²) in [5.41, 5.74) is 2.51. The van der Waals surface area contributed by atoms with Crippen molar-refractivity contribution in [1.29, 1.82) is 0 Å². The Kier molecular flexibility index (Phi) is 6.46. The van der Waals surface area contributed by atoms with Gasteiger partial charge in [-0.1, -0.05) is 63.2 Å². The molecule has 0 aliphatic carbocycles. The first-order valence-corrected chi connectivity index (χ1v) is 11.5. The van der Waals surface area contributed by atoms with Crippen molar-refractivity contribution in [3.63, 3.8) is 0 Å². The summed E-state index contributed by atoms with van der Waals surface area (Å²) in [7, 11) is -3.52. The largest absolute Gasteiger partial charge is 0.455 e. The second kappa shape index (κ2) is 8.88.